The van der Waals surface area contributed by atoms with Crippen LogP contribution in [0.15, 0.2) is 36.5 Å². The van der Waals surface area contributed by atoms with Crippen LogP contribution in [0.4, 0.5) is 0 Å². The van der Waals surface area contributed by atoms with E-state index in [4.69, 9.17) is 0 Å². The smallest absolute Gasteiger partial charge is 0.0704 e. The fraction of sp³-hybridized carbons (Fsp3) is 0.471. The molecule has 19 heavy (non-hydrogen) atoms. The summed E-state index contributed by atoms with van der Waals surface area (Å²) in [4.78, 5) is 4.49. The zero-order valence-electron chi connectivity index (χ0n) is 11.6. The minimum atomic E-state index is 0.615. The van der Waals surface area contributed by atoms with Crippen molar-refractivity contribution in [1.82, 2.24) is 10.3 Å². The van der Waals surface area contributed by atoms with Crippen LogP contribution in [-0.2, 0) is 0 Å². The Morgan fingerprint density at radius 3 is 2.89 bits per heavy atom. The minimum absolute atomic E-state index is 0.615. The zero-order chi connectivity index (χ0) is 13.1. The van der Waals surface area contributed by atoms with Gasteiger partial charge in [0.1, 0.15) is 0 Å². The molecule has 0 bridgehead atoms. The van der Waals surface area contributed by atoms with Crippen LogP contribution >= 0.6 is 0 Å². The van der Waals surface area contributed by atoms with Gasteiger partial charge in [-0.3, -0.25) is 4.98 Å². The quantitative estimate of drug-likeness (QED) is 0.823. The van der Waals surface area contributed by atoms with E-state index in [9.17, 15) is 0 Å². The molecular formula is C17H22N2. The number of hydrogen-bond donors (Lipinski definition) is 1. The van der Waals surface area contributed by atoms with Crippen molar-refractivity contribution in [3.8, 4) is 0 Å². The summed E-state index contributed by atoms with van der Waals surface area (Å²) in [5, 5.41) is 4.76. The van der Waals surface area contributed by atoms with Crippen LogP contribution in [0, 0.1) is 0 Å². The van der Waals surface area contributed by atoms with E-state index in [1.807, 2.05) is 12.3 Å². The number of rotatable bonds is 2. The molecule has 2 nitrogen and oxygen atoms in total. The largest absolute Gasteiger partial charge is 0.316 e. The molecule has 3 rings (SSSR count). The lowest BCUT2D eigenvalue weighted by molar-refractivity contribution is 0.439. The maximum atomic E-state index is 4.49. The summed E-state index contributed by atoms with van der Waals surface area (Å²) in [6.45, 7) is 0. The first-order valence-corrected chi connectivity index (χ1v) is 7.40. The molecule has 1 aliphatic carbocycles. The first-order valence-electron chi connectivity index (χ1n) is 7.40. The lowest BCUT2D eigenvalue weighted by atomic mass is 9.87. The summed E-state index contributed by atoms with van der Waals surface area (Å²) in [5.74, 6) is 0.638. The summed E-state index contributed by atoms with van der Waals surface area (Å²) in [5.41, 5.74) is 2.58. The summed E-state index contributed by atoms with van der Waals surface area (Å²) < 4.78 is 0. The van der Waals surface area contributed by atoms with Crippen molar-refractivity contribution in [1.29, 1.82) is 0 Å². The number of benzene rings is 1. The van der Waals surface area contributed by atoms with E-state index in [1.54, 1.807) is 0 Å². The Bertz CT molecular complexity index is 550. The molecule has 1 fully saturated rings. The van der Waals surface area contributed by atoms with Crippen LogP contribution < -0.4 is 5.32 Å². The fourth-order valence-corrected chi connectivity index (χ4v) is 3.37. The molecule has 2 unspecified atom stereocenters. The van der Waals surface area contributed by atoms with Crippen molar-refractivity contribution in [2.45, 2.75) is 44.1 Å². The second kappa shape index (κ2) is 5.70. The first kappa shape index (κ1) is 12.6. The lowest BCUT2D eigenvalue weighted by Crippen LogP contribution is -2.31. The van der Waals surface area contributed by atoms with Gasteiger partial charge in [-0.15, -0.1) is 0 Å². The van der Waals surface area contributed by atoms with Gasteiger partial charge in [0.2, 0.25) is 0 Å². The van der Waals surface area contributed by atoms with Crippen molar-refractivity contribution >= 4 is 10.9 Å². The predicted octanol–water partition coefficient (Wildman–Crippen LogP) is 3.87. The summed E-state index contributed by atoms with van der Waals surface area (Å²) in [6, 6.07) is 11.6. The molecule has 1 aromatic carbocycles. The molecular weight excluding hydrogens is 232 g/mol. The number of hydrogen-bond acceptors (Lipinski definition) is 2. The van der Waals surface area contributed by atoms with E-state index in [0.29, 0.717) is 12.0 Å². The number of nitrogens with zero attached hydrogens (tertiary/aromatic N) is 1. The van der Waals surface area contributed by atoms with Crippen LogP contribution in [0.2, 0.25) is 0 Å². The van der Waals surface area contributed by atoms with E-state index in [1.165, 1.54) is 43.1 Å². The highest BCUT2D eigenvalue weighted by molar-refractivity contribution is 5.79. The van der Waals surface area contributed by atoms with Gasteiger partial charge in [0.15, 0.2) is 0 Å². The van der Waals surface area contributed by atoms with E-state index in [0.717, 1.165) is 5.52 Å². The highest BCUT2D eigenvalue weighted by atomic mass is 14.9. The molecule has 1 aromatic heterocycles. The molecule has 0 aliphatic heterocycles. The Kier molecular flexibility index (Phi) is 3.79. The van der Waals surface area contributed by atoms with Crippen LogP contribution in [0.5, 0.6) is 0 Å². The van der Waals surface area contributed by atoms with Crippen molar-refractivity contribution in [3.05, 3.63) is 42.1 Å². The van der Waals surface area contributed by atoms with Gasteiger partial charge in [0.25, 0.3) is 0 Å². The molecule has 100 valence electrons. The molecule has 1 N–H and O–H groups in total. The van der Waals surface area contributed by atoms with Crippen molar-refractivity contribution in [2.24, 2.45) is 0 Å². The van der Waals surface area contributed by atoms with Gasteiger partial charge < -0.3 is 5.32 Å². The van der Waals surface area contributed by atoms with Gasteiger partial charge in [-0.05, 0) is 43.5 Å². The van der Waals surface area contributed by atoms with Crippen LogP contribution in [0.25, 0.3) is 10.9 Å². The third-order valence-electron chi connectivity index (χ3n) is 4.44. The highest BCUT2D eigenvalue weighted by Gasteiger charge is 2.23. The Hall–Kier alpha value is -1.41. The maximum absolute atomic E-state index is 4.49. The molecule has 2 heteroatoms. The molecule has 2 atom stereocenters. The van der Waals surface area contributed by atoms with Gasteiger partial charge >= 0.3 is 0 Å². The molecule has 0 saturated heterocycles. The predicted molar refractivity (Wildman–Crippen MR) is 80.4 cm³/mol. The van der Waals surface area contributed by atoms with Gasteiger partial charge in [0.05, 0.1) is 5.52 Å². The van der Waals surface area contributed by atoms with E-state index in [-0.39, 0.29) is 0 Å². The molecule has 0 spiro atoms. The fourth-order valence-electron chi connectivity index (χ4n) is 3.37. The first-order chi connectivity index (χ1) is 9.38. The maximum Gasteiger partial charge on any atom is 0.0704 e. The van der Waals surface area contributed by atoms with E-state index < -0.39 is 0 Å². The molecule has 1 aliphatic rings. The number of aromatic nitrogens is 1. The summed E-state index contributed by atoms with van der Waals surface area (Å²) in [7, 11) is 2.10. The van der Waals surface area contributed by atoms with Crippen LogP contribution in [0.3, 0.4) is 0 Å². The highest BCUT2D eigenvalue weighted by Crippen LogP contribution is 2.33. The number of likely N-dealkylation sites (N-methyl/N-ethyl adjacent to an activating group) is 1. The third-order valence-corrected chi connectivity index (χ3v) is 4.44. The summed E-state index contributed by atoms with van der Waals surface area (Å²) >= 11 is 0. The van der Waals surface area contributed by atoms with E-state index >= 15 is 0 Å². The van der Waals surface area contributed by atoms with Crippen LogP contribution in [0.1, 0.15) is 43.6 Å². The third kappa shape index (κ3) is 2.64. The van der Waals surface area contributed by atoms with Crippen molar-refractivity contribution in [3.63, 3.8) is 0 Å². The second-order valence-corrected chi connectivity index (χ2v) is 5.60. The Morgan fingerprint density at radius 1 is 1.11 bits per heavy atom. The number of fused-ring (bicyclic) bond motifs is 1. The number of pyridine rings is 1. The van der Waals surface area contributed by atoms with Crippen LogP contribution in [-0.4, -0.2) is 18.1 Å². The Balaban J connectivity index is 1.96. The van der Waals surface area contributed by atoms with Crippen molar-refractivity contribution in [2.75, 3.05) is 7.05 Å². The van der Waals surface area contributed by atoms with Crippen molar-refractivity contribution < 1.29 is 0 Å². The molecule has 0 amide bonds. The zero-order valence-corrected chi connectivity index (χ0v) is 11.6. The lowest BCUT2D eigenvalue weighted by Gasteiger charge is -2.25. The van der Waals surface area contributed by atoms with Gasteiger partial charge in [-0.1, -0.05) is 37.5 Å². The molecule has 1 saturated carbocycles. The Labute approximate surface area is 115 Å². The minimum Gasteiger partial charge on any atom is -0.316 e. The monoisotopic (exact) mass is 254 g/mol. The van der Waals surface area contributed by atoms with Gasteiger partial charge in [-0.25, -0.2) is 0 Å². The number of nitrogens with one attached hydrogen (secondary N) is 1. The van der Waals surface area contributed by atoms with Gasteiger partial charge in [-0.2, -0.15) is 0 Å². The molecule has 1 heterocycles. The average Bonchev–Trinajstić information content (AvgIpc) is 2.72. The van der Waals surface area contributed by atoms with E-state index in [2.05, 4.69) is 41.6 Å². The molecule has 2 aromatic rings. The topological polar surface area (TPSA) is 24.9 Å². The normalized spacial score (nSPS) is 24.3. The standard InChI is InChI=1S/C17H22N2/c1-18-16-8-4-2-3-7-15(16)14-10-9-13-6-5-11-19-17(13)12-14/h5-6,9-12,15-16,18H,2-4,7-8H2,1H3. The SMILES string of the molecule is CNC1CCCCCC1c1ccc2cccnc2c1. The second-order valence-electron chi connectivity index (χ2n) is 5.60. The molecule has 0 radical (unpaired) electrons. The average molecular weight is 254 g/mol. The Morgan fingerprint density at radius 2 is 2.00 bits per heavy atom. The van der Waals surface area contributed by atoms with Gasteiger partial charge in [0, 0.05) is 17.6 Å². The summed E-state index contributed by atoms with van der Waals surface area (Å²) in [6.07, 6.45) is 8.55.